The second-order valence-electron chi connectivity index (χ2n) is 3.36. The molecule has 6 heteroatoms. The van der Waals surface area contributed by atoms with E-state index >= 15 is 0 Å². The Balaban J connectivity index is 2.31. The first kappa shape index (κ1) is 12.1. The van der Waals surface area contributed by atoms with Gasteiger partial charge in [-0.1, -0.05) is 11.6 Å². The highest BCUT2D eigenvalue weighted by Crippen LogP contribution is 2.31. The van der Waals surface area contributed by atoms with Crippen LogP contribution < -0.4 is 10.5 Å². The van der Waals surface area contributed by atoms with Crippen LogP contribution in [0.3, 0.4) is 0 Å². The molecule has 0 radical (unpaired) electrons. The Morgan fingerprint density at radius 3 is 2.71 bits per heavy atom. The van der Waals surface area contributed by atoms with Gasteiger partial charge in [0.25, 0.3) is 0 Å². The summed E-state index contributed by atoms with van der Waals surface area (Å²) in [6.45, 7) is 1.75. The Bertz CT molecular complexity index is 542. The van der Waals surface area contributed by atoms with E-state index in [1.807, 2.05) is 0 Å². The molecule has 1 aromatic carbocycles. The maximum atomic E-state index is 5.84. The smallest absolute Gasteiger partial charge is 0.224 e. The van der Waals surface area contributed by atoms with Gasteiger partial charge < -0.3 is 10.5 Å². The van der Waals surface area contributed by atoms with Crippen molar-refractivity contribution in [3.63, 3.8) is 0 Å². The van der Waals surface area contributed by atoms with Crippen molar-refractivity contribution in [2.24, 2.45) is 0 Å². The predicted molar refractivity (Wildman–Crippen MR) is 70.4 cm³/mol. The number of rotatable bonds is 2. The number of benzene rings is 1. The van der Waals surface area contributed by atoms with Gasteiger partial charge in [-0.05, 0) is 41.1 Å². The summed E-state index contributed by atoms with van der Waals surface area (Å²) >= 11 is 9.20. The standard InChI is InChI=1S/C11H9BrClN3O/c1-6-15-10(14)5-11(16-6)17-9-3-2-7(13)4-8(9)12/h2-5H,1H3,(H2,14,15,16). The van der Waals surface area contributed by atoms with Crippen molar-refractivity contribution in [2.45, 2.75) is 6.92 Å². The van der Waals surface area contributed by atoms with Gasteiger partial charge in [-0.2, -0.15) is 4.98 Å². The number of hydrogen-bond acceptors (Lipinski definition) is 4. The van der Waals surface area contributed by atoms with Crippen LogP contribution in [-0.4, -0.2) is 9.97 Å². The maximum Gasteiger partial charge on any atom is 0.224 e. The second kappa shape index (κ2) is 4.89. The first-order chi connectivity index (χ1) is 8.04. The molecule has 0 saturated carbocycles. The van der Waals surface area contributed by atoms with E-state index in [1.54, 1.807) is 31.2 Å². The van der Waals surface area contributed by atoms with E-state index in [2.05, 4.69) is 25.9 Å². The van der Waals surface area contributed by atoms with Crippen LogP contribution in [0, 0.1) is 6.92 Å². The topological polar surface area (TPSA) is 61.0 Å². The zero-order valence-corrected chi connectivity index (χ0v) is 11.3. The summed E-state index contributed by atoms with van der Waals surface area (Å²) in [5.41, 5.74) is 5.61. The summed E-state index contributed by atoms with van der Waals surface area (Å²) in [5, 5.41) is 0.627. The average Bonchev–Trinajstić information content (AvgIpc) is 2.21. The number of halogens is 2. The molecule has 1 aromatic heterocycles. The lowest BCUT2D eigenvalue weighted by atomic mass is 10.3. The van der Waals surface area contributed by atoms with Crippen LogP contribution in [0.25, 0.3) is 0 Å². The van der Waals surface area contributed by atoms with Crippen LogP contribution in [0.2, 0.25) is 5.02 Å². The van der Waals surface area contributed by atoms with Crippen LogP contribution in [0.4, 0.5) is 5.82 Å². The molecule has 0 amide bonds. The van der Waals surface area contributed by atoms with Gasteiger partial charge in [0, 0.05) is 11.1 Å². The summed E-state index contributed by atoms with van der Waals surface area (Å²) in [6, 6.07) is 6.79. The minimum Gasteiger partial charge on any atom is -0.438 e. The number of ether oxygens (including phenoxy) is 1. The van der Waals surface area contributed by atoms with Crippen LogP contribution in [0.15, 0.2) is 28.7 Å². The van der Waals surface area contributed by atoms with Crippen LogP contribution >= 0.6 is 27.5 Å². The molecule has 0 atom stereocenters. The zero-order chi connectivity index (χ0) is 12.4. The molecule has 88 valence electrons. The number of aromatic nitrogens is 2. The van der Waals surface area contributed by atoms with Gasteiger partial charge in [-0.25, -0.2) is 4.98 Å². The van der Waals surface area contributed by atoms with E-state index in [0.29, 0.717) is 28.3 Å². The molecule has 2 aromatic rings. The lowest BCUT2D eigenvalue weighted by Gasteiger charge is -2.07. The van der Waals surface area contributed by atoms with Gasteiger partial charge in [0.2, 0.25) is 5.88 Å². The number of hydrogen-bond donors (Lipinski definition) is 1. The van der Waals surface area contributed by atoms with Gasteiger partial charge in [0.05, 0.1) is 4.47 Å². The zero-order valence-electron chi connectivity index (χ0n) is 8.95. The van der Waals surface area contributed by atoms with E-state index in [9.17, 15) is 0 Å². The Labute approximate surface area is 112 Å². The highest BCUT2D eigenvalue weighted by Gasteiger charge is 2.06. The Morgan fingerprint density at radius 1 is 1.29 bits per heavy atom. The van der Waals surface area contributed by atoms with Gasteiger partial charge in [-0.3, -0.25) is 0 Å². The monoisotopic (exact) mass is 313 g/mol. The first-order valence-corrected chi connectivity index (χ1v) is 5.96. The summed E-state index contributed by atoms with van der Waals surface area (Å²) in [5.74, 6) is 1.95. The minimum atomic E-state index is 0.373. The fraction of sp³-hybridized carbons (Fsp3) is 0.0909. The molecule has 0 unspecified atom stereocenters. The van der Waals surface area contributed by atoms with E-state index in [0.717, 1.165) is 4.47 Å². The molecular formula is C11H9BrClN3O. The van der Waals surface area contributed by atoms with Crippen molar-refractivity contribution < 1.29 is 4.74 Å². The van der Waals surface area contributed by atoms with Gasteiger partial charge >= 0.3 is 0 Å². The second-order valence-corrected chi connectivity index (χ2v) is 4.65. The van der Waals surface area contributed by atoms with E-state index in [-0.39, 0.29) is 0 Å². The van der Waals surface area contributed by atoms with Crippen LogP contribution in [-0.2, 0) is 0 Å². The third-order valence-corrected chi connectivity index (χ3v) is 2.80. The molecule has 0 bridgehead atoms. The molecule has 4 nitrogen and oxygen atoms in total. The molecular weight excluding hydrogens is 305 g/mol. The van der Waals surface area contributed by atoms with Crippen molar-refractivity contribution in [3.05, 3.63) is 39.6 Å². The molecule has 0 aliphatic heterocycles. The van der Waals surface area contributed by atoms with Gasteiger partial charge in [0.1, 0.15) is 17.4 Å². The van der Waals surface area contributed by atoms with Gasteiger partial charge in [-0.15, -0.1) is 0 Å². The molecule has 2 N–H and O–H groups in total. The van der Waals surface area contributed by atoms with Crippen LogP contribution in [0.1, 0.15) is 5.82 Å². The number of anilines is 1. The highest BCUT2D eigenvalue weighted by atomic mass is 79.9. The van der Waals surface area contributed by atoms with Crippen molar-refractivity contribution in [2.75, 3.05) is 5.73 Å². The molecule has 0 aliphatic rings. The molecule has 0 aliphatic carbocycles. The maximum absolute atomic E-state index is 5.84. The fourth-order valence-electron chi connectivity index (χ4n) is 1.29. The SMILES string of the molecule is Cc1nc(N)cc(Oc2ccc(Cl)cc2Br)n1. The van der Waals surface area contributed by atoms with E-state index in [4.69, 9.17) is 22.1 Å². The van der Waals surface area contributed by atoms with E-state index in [1.165, 1.54) is 0 Å². The average molecular weight is 315 g/mol. The summed E-state index contributed by atoms with van der Waals surface area (Å²) in [6.07, 6.45) is 0. The normalized spacial score (nSPS) is 10.3. The van der Waals surface area contributed by atoms with Crippen molar-refractivity contribution in [1.82, 2.24) is 9.97 Å². The highest BCUT2D eigenvalue weighted by molar-refractivity contribution is 9.10. The number of aryl methyl sites for hydroxylation is 1. The number of nitrogens with two attached hydrogens (primary N) is 1. The lowest BCUT2D eigenvalue weighted by Crippen LogP contribution is -1.98. The fourth-order valence-corrected chi connectivity index (χ4v) is 2.05. The van der Waals surface area contributed by atoms with Crippen molar-refractivity contribution in [3.8, 4) is 11.6 Å². The number of nitrogen functional groups attached to an aromatic ring is 1. The summed E-state index contributed by atoms with van der Waals surface area (Å²) in [4.78, 5) is 8.09. The third-order valence-electron chi connectivity index (χ3n) is 1.94. The molecule has 17 heavy (non-hydrogen) atoms. The minimum absolute atomic E-state index is 0.373. The summed E-state index contributed by atoms with van der Waals surface area (Å²) in [7, 11) is 0. The lowest BCUT2D eigenvalue weighted by molar-refractivity contribution is 0.457. The largest absolute Gasteiger partial charge is 0.438 e. The molecule has 1 heterocycles. The Morgan fingerprint density at radius 2 is 2.06 bits per heavy atom. The number of nitrogens with zero attached hydrogens (tertiary/aromatic N) is 2. The third kappa shape index (κ3) is 3.08. The molecule has 0 fully saturated rings. The molecule has 0 saturated heterocycles. The van der Waals surface area contributed by atoms with Gasteiger partial charge in [0.15, 0.2) is 0 Å². The summed E-state index contributed by atoms with van der Waals surface area (Å²) < 4.78 is 6.34. The Kier molecular flexibility index (Phi) is 3.49. The molecule has 0 spiro atoms. The molecule has 2 rings (SSSR count). The van der Waals surface area contributed by atoms with Crippen molar-refractivity contribution >= 4 is 33.3 Å². The first-order valence-electron chi connectivity index (χ1n) is 4.78. The predicted octanol–water partition coefficient (Wildman–Crippen LogP) is 3.58. The Hall–Kier alpha value is -1.33. The van der Waals surface area contributed by atoms with E-state index < -0.39 is 0 Å². The van der Waals surface area contributed by atoms with Crippen LogP contribution in [0.5, 0.6) is 11.6 Å². The van der Waals surface area contributed by atoms with Crippen molar-refractivity contribution in [1.29, 1.82) is 0 Å². The quantitative estimate of drug-likeness (QED) is 0.920.